The molecule has 3 rings (SSSR count). The summed E-state index contributed by atoms with van der Waals surface area (Å²) in [5, 5.41) is 0.887. The predicted octanol–water partition coefficient (Wildman–Crippen LogP) is 4.11. The fourth-order valence-electron chi connectivity index (χ4n) is 1.75. The van der Waals surface area contributed by atoms with Gasteiger partial charge in [0.25, 0.3) is 0 Å². The Morgan fingerprint density at radius 2 is 1.89 bits per heavy atom. The Kier molecular flexibility index (Phi) is 2.72. The molecular formula is C14H10FNOS. The molecule has 0 aliphatic carbocycles. The SMILES string of the molecule is COc1ccc2nc(-c3ccc([18F])cc3)sc2c1. The summed E-state index contributed by atoms with van der Waals surface area (Å²) in [6, 6.07) is 12.1. The fraction of sp³-hybridized carbons (Fsp3) is 0.0714. The summed E-state index contributed by atoms with van der Waals surface area (Å²) >= 11 is 1.57. The molecule has 2 aromatic carbocycles. The molecule has 3 aromatic rings. The molecule has 0 bridgehead atoms. The molecule has 18 heavy (non-hydrogen) atoms. The maximum atomic E-state index is 12.9. The summed E-state index contributed by atoms with van der Waals surface area (Å²) in [6.45, 7) is 0. The second-order valence-electron chi connectivity index (χ2n) is 3.86. The average molecular weight is 258 g/mol. The van der Waals surface area contributed by atoms with Gasteiger partial charge in [0.15, 0.2) is 0 Å². The maximum Gasteiger partial charge on any atom is 0.124 e. The molecule has 0 amide bonds. The molecule has 1 aromatic heterocycles. The molecule has 0 unspecified atom stereocenters. The first-order valence-corrected chi connectivity index (χ1v) is 6.28. The van der Waals surface area contributed by atoms with E-state index in [9.17, 15) is 4.39 Å². The lowest BCUT2D eigenvalue weighted by molar-refractivity contribution is 0.415. The van der Waals surface area contributed by atoms with E-state index in [1.54, 1.807) is 30.6 Å². The van der Waals surface area contributed by atoms with Gasteiger partial charge in [0.05, 0.1) is 17.3 Å². The number of halogens is 1. The third-order valence-electron chi connectivity index (χ3n) is 2.69. The molecule has 0 aliphatic rings. The van der Waals surface area contributed by atoms with Gasteiger partial charge in [-0.3, -0.25) is 0 Å². The Labute approximate surface area is 108 Å². The molecule has 0 spiro atoms. The van der Waals surface area contributed by atoms with Crippen molar-refractivity contribution in [3.05, 3.63) is 48.3 Å². The highest BCUT2D eigenvalue weighted by Crippen LogP contribution is 2.32. The number of hydrogen-bond acceptors (Lipinski definition) is 3. The Hall–Kier alpha value is -1.94. The topological polar surface area (TPSA) is 22.1 Å². The van der Waals surface area contributed by atoms with Gasteiger partial charge < -0.3 is 4.74 Å². The van der Waals surface area contributed by atoms with Crippen molar-refractivity contribution in [3.8, 4) is 16.3 Å². The zero-order valence-corrected chi connectivity index (χ0v) is 10.5. The van der Waals surface area contributed by atoms with E-state index in [2.05, 4.69) is 4.98 Å². The van der Waals surface area contributed by atoms with E-state index in [1.807, 2.05) is 18.2 Å². The van der Waals surface area contributed by atoms with E-state index in [0.29, 0.717) is 0 Å². The van der Waals surface area contributed by atoms with Crippen LogP contribution in [0.2, 0.25) is 0 Å². The van der Waals surface area contributed by atoms with Crippen molar-refractivity contribution < 1.29 is 9.13 Å². The van der Waals surface area contributed by atoms with Crippen molar-refractivity contribution in [2.45, 2.75) is 0 Å². The normalized spacial score (nSPS) is 10.8. The average Bonchev–Trinajstić information content (AvgIpc) is 2.82. The van der Waals surface area contributed by atoms with Crippen molar-refractivity contribution >= 4 is 21.6 Å². The highest BCUT2D eigenvalue weighted by molar-refractivity contribution is 7.21. The number of fused-ring (bicyclic) bond motifs is 1. The Balaban J connectivity index is 2.10. The minimum absolute atomic E-state index is 0.235. The Morgan fingerprint density at radius 3 is 2.61 bits per heavy atom. The first-order valence-electron chi connectivity index (χ1n) is 5.47. The maximum absolute atomic E-state index is 12.9. The number of rotatable bonds is 2. The summed E-state index contributed by atoms with van der Waals surface area (Å²) in [4.78, 5) is 4.53. The van der Waals surface area contributed by atoms with Gasteiger partial charge in [-0.05, 0) is 42.5 Å². The van der Waals surface area contributed by atoms with Crippen LogP contribution >= 0.6 is 11.3 Å². The fourth-order valence-corrected chi connectivity index (χ4v) is 2.75. The number of hydrogen-bond donors (Lipinski definition) is 0. The van der Waals surface area contributed by atoms with Crippen LogP contribution in [0.4, 0.5) is 4.39 Å². The minimum Gasteiger partial charge on any atom is -0.497 e. The molecule has 0 N–H and O–H groups in total. The number of aromatic nitrogens is 1. The van der Waals surface area contributed by atoms with Gasteiger partial charge in [-0.25, -0.2) is 9.37 Å². The van der Waals surface area contributed by atoms with E-state index in [1.165, 1.54) is 12.1 Å². The first-order chi connectivity index (χ1) is 8.76. The highest BCUT2D eigenvalue weighted by Gasteiger charge is 2.07. The second-order valence-corrected chi connectivity index (χ2v) is 4.89. The van der Waals surface area contributed by atoms with Gasteiger partial charge in [0.1, 0.15) is 16.6 Å². The molecule has 0 fully saturated rings. The molecule has 0 aliphatic heterocycles. The number of methoxy groups -OCH3 is 1. The smallest absolute Gasteiger partial charge is 0.124 e. The van der Waals surface area contributed by atoms with Crippen molar-refractivity contribution in [1.82, 2.24) is 4.98 Å². The Morgan fingerprint density at radius 1 is 1.11 bits per heavy atom. The van der Waals surface area contributed by atoms with Crippen molar-refractivity contribution in [3.63, 3.8) is 0 Å². The second kappa shape index (κ2) is 4.38. The summed E-state index contributed by atoms with van der Waals surface area (Å²) in [5.74, 6) is 0.582. The zero-order chi connectivity index (χ0) is 12.5. The largest absolute Gasteiger partial charge is 0.497 e. The standard InChI is InChI=1S/C14H10FNOS/c1-17-11-6-7-12-13(8-11)18-14(16-12)9-2-4-10(15)5-3-9/h2-8H,1H3/i15-1. The van der Waals surface area contributed by atoms with Crippen LogP contribution in [0.15, 0.2) is 42.5 Å². The van der Waals surface area contributed by atoms with Crippen LogP contribution in [0.3, 0.4) is 0 Å². The first kappa shape index (κ1) is 11.2. The molecule has 4 heteroatoms. The van der Waals surface area contributed by atoms with Gasteiger partial charge in [-0.15, -0.1) is 11.3 Å². The Bertz CT molecular complexity index is 691. The molecule has 0 saturated carbocycles. The van der Waals surface area contributed by atoms with Crippen LogP contribution in [0.5, 0.6) is 5.75 Å². The van der Waals surface area contributed by atoms with Crippen LogP contribution in [0, 0.1) is 5.82 Å². The molecular weight excluding hydrogens is 248 g/mol. The zero-order valence-electron chi connectivity index (χ0n) is 9.68. The van der Waals surface area contributed by atoms with Crippen molar-refractivity contribution in [2.75, 3.05) is 7.11 Å². The van der Waals surface area contributed by atoms with Gasteiger partial charge in [-0.2, -0.15) is 0 Å². The summed E-state index contributed by atoms with van der Waals surface area (Å²) < 4.78 is 19.1. The lowest BCUT2D eigenvalue weighted by Gasteiger charge is -1.96. The lowest BCUT2D eigenvalue weighted by Crippen LogP contribution is -1.80. The summed E-state index contributed by atoms with van der Waals surface area (Å²) in [6.07, 6.45) is 0. The van der Waals surface area contributed by atoms with Crippen molar-refractivity contribution in [2.24, 2.45) is 0 Å². The minimum atomic E-state index is -0.235. The molecule has 2 nitrogen and oxygen atoms in total. The lowest BCUT2D eigenvalue weighted by atomic mass is 10.2. The van der Waals surface area contributed by atoms with E-state index in [0.717, 1.165) is 26.5 Å². The predicted molar refractivity (Wildman–Crippen MR) is 71.6 cm³/mol. The number of ether oxygens (including phenoxy) is 1. The van der Waals surface area contributed by atoms with Gasteiger partial charge in [0, 0.05) is 5.56 Å². The van der Waals surface area contributed by atoms with Crippen LogP contribution in [0.25, 0.3) is 20.8 Å². The molecule has 0 radical (unpaired) electrons. The van der Waals surface area contributed by atoms with Gasteiger partial charge >= 0.3 is 0 Å². The van der Waals surface area contributed by atoms with Gasteiger partial charge in [0.2, 0.25) is 0 Å². The quantitative estimate of drug-likeness (QED) is 0.690. The van der Waals surface area contributed by atoms with E-state index >= 15 is 0 Å². The molecule has 0 atom stereocenters. The molecule has 0 saturated heterocycles. The monoisotopic (exact) mass is 258 g/mol. The van der Waals surface area contributed by atoms with E-state index in [4.69, 9.17) is 4.74 Å². The number of nitrogens with zero attached hydrogens (tertiary/aromatic N) is 1. The van der Waals surface area contributed by atoms with Crippen LogP contribution in [-0.4, -0.2) is 12.1 Å². The van der Waals surface area contributed by atoms with Gasteiger partial charge in [-0.1, -0.05) is 0 Å². The molecule has 90 valence electrons. The van der Waals surface area contributed by atoms with Crippen molar-refractivity contribution in [1.29, 1.82) is 0 Å². The summed E-state index contributed by atoms with van der Waals surface area (Å²) in [7, 11) is 1.64. The van der Waals surface area contributed by atoms with Crippen LogP contribution in [0.1, 0.15) is 0 Å². The third-order valence-corrected chi connectivity index (χ3v) is 3.75. The highest BCUT2D eigenvalue weighted by atomic mass is 32.1. The third kappa shape index (κ3) is 1.95. The van der Waals surface area contributed by atoms with Crippen LogP contribution < -0.4 is 4.74 Å². The summed E-state index contributed by atoms with van der Waals surface area (Å²) in [5.41, 5.74) is 1.86. The van der Waals surface area contributed by atoms with E-state index in [-0.39, 0.29) is 5.82 Å². The number of thiazole rings is 1. The number of benzene rings is 2. The van der Waals surface area contributed by atoms with E-state index < -0.39 is 0 Å². The molecule has 1 heterocycles. The van der Waals surface area contributed by atoms with Crippen LogP contribution in [-0.2, 0) is 0 Å².